The fourth-order valence-corrected chi connectivity index (χ4v) is 5.51. The van der Waals surface area contributed by atoms with Crippen LogP contribution in [0.4, 0.5) is 4.79 Å². The maximum atomic E-state index is 12.1. The first-order valence-corrected chi connectivity index (χ1v) is 10.1. The molecule has 0 saturated carbocycles. The van der Waals surface area contributed by atoms with E-state index in [0.29, 0.717) is 0 Å². The Labute approximate surface area is 119 Å². The van der Waals surface area contributed by atoms with E-state index in [0.717, 1.165) is 12.0 Å². The van der Waals surface area contributed by atoms with E-state index in [2.05, 4.69) is 13.8 Å². The van der Waals surface area contributed by atoms with Gasteiger partial charge >= 0.3 is 119 Å². The second-order valence-corrected chi connectivity index (χ2v) is 9.76. The summed E-state index contributed by atoms with van der Waals surface area (Å²) in [5.74, 6) is 0. The fourth-order valence-electron chi connectivity index (χ4n) is 1.78. The molecule has 0 bridgehead atoms. The Bertz CT molecular complexity index is 394. The predicted molar refractivity (Wildman–Crippen MR) is 77.2 cm³/mol. The van der Waals surface area contributed by atoms with Gasteiger partial charge < -0.3 is 0 Å². The van der Waals surface area contributed by atoms with Crippen LogP contribution in [0, 0.1) is 6.92 Å². The summed E-state index contributed by atoms with van der Waals surface area (Å²) in [6.07, 6.45) is 0.819. The van der Waals surface area contributed by atoms with Crippen molar-refractivity contribution in [1.82, 2.24) is 0 Å². The fraction of sp³-hybridized carbons (Fsp3) is 0.429. The van der Waals surface area contributed by atoms with Crippen molar-refractivity contribution in [2.24, 2.45) is 0 Å². The molecule has 0 heterocycles. The maximum absolute atomic E-state index is 12.1. The van der Waals surface area contributed by atoms with Gasteiger partial charge in [-0.1, -0.05) is 0 Å². The van der Waals surface area contributed by atoms with Crippen molar-refractivity contribution in [3.8, 4) is 0 Å². The number of carbonyl (C=O) groups is 1. The molecule has 0 N–H and O–H groups in total. The van der Waals surface area contributed by atoms with Crippen LogP contribution >= 0.6 is 11.6 Å². The van der Waals surface area contributed by atoms with Gasteiger partial charge in [-0.15, -0.1) is 0 Å². The van der Waals surface area contributed by atoms with Crippen molar-refractivity contribution >= 4 is 31.0 Å². The van der Waals surface area contributed by atoms with Crippen LogP contribution < -0.4 is 0 Å². The molecule has 0 aliphatic carbocycles. The minimum absolute atomic E-state index is 0.161. The van der Waals surface area contributed by atoms with E-state index in [9.17, 15) is 4.79 Å². The molecule has 1 rings (SSSR count). The van der Waals surface area contributed by atoms with Gasteiger partial charge in [0.05, 0.1) is 0 Å². The number of benzene rings is 1. The third-order valence-corrected chi connectivity index (χ3v) is 8.43. The van der Waals surface area contributed by atoms with Crippen molar-refractivity contribution in [1.29, 1.82) is 0 Å². The van der Waals surface area contributed by atoms with Gasteiger partial charge in [-0.3, -0.25) is 0 Å². The third kappa shape index (κ3) is 3.52. The number of hydrogen-bond donors (Lipinski definition) is 0. The zero-order valence-corrected chi connectivity index (χ0v) is 13.7. The summed E-state index contributed by atoms with van der Waals surface area (Å²) >= 11 is 3.77. The van der Waals surface area contributed by atoms with Crippen molar-refractivity contribution < 1.29 is 9.53 Å². The Balaban J connectivity index is 2.98. The van der Waals surface area contributed by atoms with E-state index < -0.39 is 20.2 Å². The number of hydrogen-bond acceptors (Lipinski definition) is 2. The minimum atomic E-state index is -1.94. The van der Waals surface area contributed by atoms with Gasteiger partial charge in [0, 0.05) is 0 Å². The summed E-state index contributed by atoms with van der Waals surface area (Å²) in [6, 6.07) is 9.97. The average molecular weight is 330 g/mol. The quantitative estimate of drug-likeness (QED) is 0.599. The van der Waals surface area contributed by atoms with Gasteiger partial charge in [0.2, 0.25) is 0 Å². The summed E-state index contributed by atoms with van der Waals surface area (Å²) in [7, 11) is 0. The molecule has 0 aliphatic heterocycles. The number of halogens is 1. The predicted octanol–water partition coefficient (Wildman–Crippen LogP) is 4.14. The second kappa shape index (κ2) is 6.63. The number of carbonyl (C=O) groups excluding carboxylic acids is 1. The first kappa shape index (κ1) is 15.6. The van der Waals surface area contributed by atoms with E-state index in [4.69, 9.17) is 16.3 Å². The SMILES string of the molecule is [CH2][C@](CC)(c1ccccc1)[As](C)C(=O)OC(C)Cl. The Hall–Kier alpha value is -0.462. The van der Waals surface area contributed by atoms with Gasteiger partial charge in [-0.05, 0) is 0 Å². The molecular formula is C14H19AsClO2. The molecule has 1 aromatic rings. The summed E-state index contributed by atoms with van der Waals surface area (Å²) in [4.78, 5) is 12.1. The Morgan fingerprint density at radius 1 is 1.50 bits per heavy atom. The molecule has 0 saturated heterocycles. The van der Waals surface area contributed by atoms with Crippen LogP contribution in [0.5, 0.6) is 0 Å². The number of alkyl halides is 1. The molecule has 4 heteroatoms. The molecule has 0 amide bonds. The van der Waals surface area contributed by atoms with Crippen LogP contribution in [-0.4, -0.2) is 25.0 Å². The molecule has 1 radical (unpaired) electrons. The summed E-state index contributed by atoms with van der Waals surface area (Å²) in [5, 5.41) is 0. The average Bonchev–Trinajstić information content (AvgIpc) is 2.37. The number of rotatable bonds is 5. The molecule has 0 spiro atoms. The van der Waals surface area contributed by atoms with E-state index >= 15 is 0 Å². The monoisotopic (exact) mass is 329 g/mol. The van der Waals surface area contributed by atoms with Crippen LogP contribution in [0.15, 0.2) is 30.3 Å². The molecule has 2 unspecified atom stereocenters. The summed E-state index contributed by atoms with van der Waals surface area (Å²) < 4.78 is 4.64. The molecule has 18 heavy (non-hydrogen) atoms. The topological polar surface area (TPSA) is 26.3 Å². The molecule has 0 fully saturated rings. The second-order valence-electron chi connectivity index (χ2n) is 4.24. The Kier molecular flexibility index (Phi) is 5.75. The van der Waals surface area contributed by atoms with Crippen molar-refractivity contribution in [3.63, 3.8) is 0 Å². The van der Waals surface area contributed by atoms with Crippen LogP contribution in [0.25, 0.3) is 0 Å². The van der Waals surface area contributed by atoms with Gasteiger partial charge in [0.25, 0.3) is 0 Å². The molecule has 2 nitrogen and oxygen atoms in total. The summed E-state index contributed by atoms with van der Waals surface area (Å²) in [5.41, 5.74) is 2.51. The Morgan fingerprint density at radius 3 is 2.50 bits per heavy atom. The van der Waals surface area contributed by atoms with Gasteiger partial charge in [0.1, 0.15) is 0 Å². The normalized spacial score (nSPS) is 17.6. The zero-order valence-electron chi connectivity index (χ0n) is 11.0. The van der Waals surface area contributed by atoms with Crippen LogP contribution in [0.2, 0.25) is 5.71 Å². The van der Waals surface area contributed by atoms with Gasteiger partial charge in [-0.2, -0.15) is 0 Å². The van der Waals surface area contributed by atoms with E-state index in [1.54, 1.807) is 6.92 Å². The Morgan fingerprint density at radius 2 is 2.06 bits per heavy atom. The standard InChI is InChI=1S/C14H19AsClO2/c1-5-14(3,12-9-7-6-8-10-12)15(4)13(17)18-11(2)16/h6-11H,3,5H2,1-2,4H3/t11?,14-,15?/m0/s1. The zero-order chi connectivity index (χ0) is 13.8. The molecule has 1 aromatic carbocycles. The molecule has 0 aliphatic rings. The van der Waals surface area contributed by atoms with Crippen LogP contribution in [-0.2, 0) is 8.94 Å². The van der Waals surface area contributed by atoms with Gasteiger partial charge in [0.15, 0.2) is 0 Å². The van der Waals surface area contributed by atoms with Crippen molar-refractivity contribution in [3.05, 3.63) is 42.8 Å². The first-order chi connectivity index (χ1) is 8.41. The van der Waals surface area contributed by atoms with Gasteiger partial charge in [-0.25, -0.2) is 0 Å². The molecule has 99 valence electrons. The van der Waals surface area contributed by atoms with E-state index in [-0.39, 0.29) is 8.96 Å². The van der Waals surface area contributed by atoms with Crippen LogP contribution in [0.1, 0.15) is 25.8 Å². The molecular weight excluding hydrogens is 311 g/mol. The van der Waals surface area contributed by atoms with E-state index in [1.807, 2.05) is 36.0 Å². The van der Waals surface area contributed by atoms with E-state index in [1.165, 1.54) is 0 Å². The summed E-state index contributed by atoms with van der Waals surface area (Å²) in [6.45, 7) is 8.02. The van der Waals surface area contributed by atoms with Crippen molar-refractivity contribution in [2.45, 2.75) is 35.7 Å². The molecule has 3 atom stereocenters. The van der Waals surface area contributed by atoms with Crippen molar-refractivity contribution in [2.75, 3.05) is 0 Å². The third-order valence-electron chi connectivity index (χ3n) is 3.08. The van der Waals surface area contributed by atoms with Crippen LogP contribution in [0.3, 0.4) is 0 Å². The molecule has 0 aromatic heterocycles. The first-order valence-electron chi connectivity index (χ1n) is 5.91. The number of ether oxygens (including phenoxy) is 1.